The predicted octanol–water partition coefficient (Wildman–Crippen LogP) is 2.30. The smallest absolute Gasteiger partial charge is 0.239 e. The Morgan fingerprint density at radius 1 is 1.22 bits per heavy atom. The summed E-state index contributed by atoms with van der Waals surface area (Å²) < 4.78 is 26.2. The van der Waals surface area contributed by atoms with Gasteiger partial charge in [-0.25, -0.2) is 9.37 Å². The molecule has 1 amide bonds. The quantitative estimate of drug-likeness (QED) is 0.557. The largest absolute Gasteiger partial charge is 0.457 e. The second-order valence-electron chi connectivity index (χ2n) is 7.65. The number of hydrogen-bond acceptors (Lipinski definition) is 6. The third-order valence-electron chi connectivity index (χ3n) is 5.43. The van der Waals surface area contributed by atoms with E-state index in [0.717, 1.165) is 16.9 Å². The Kier molecular flexibility index (Phi) is 6.99. The number of nitrogens with zero attached hydrogens (tertiary/aromatic N) is 3. The number of aliphatic hydroxyl groups excluding tert-OH is 1. The van der Waals surface area contributed by atoms with Crippen LogP contribution in [0, 0.1) is 5.82 Å². The van der Waals surface area contributed by atoms with Crippen molar-refractivity contribution in [2.24, 2.45) is 0 Å². The lowest BCUT2D eigenvalue weighted by molar-refractivity contribution is -0.137. The molecule has 32 heavy (non-hydrogen) atoms. The Morgan fingerprint density at radius 2 is 1.94 bits per heavy atom. The molecular formula is C23H27FN4O4. The molecule has 0 spiro atoms. The fourth-order valence-corrected chi connectivity index (χ4v) is 3.73. The van der Waals surface area contributed by atoms with E-state index >= 15 is 0 Å². The van der Waals surface area contributed by atoms with Gasteiger partial charge in [0, 0.05) is 25.7 Å². The number of carbonyl (C=O) groups excluding carboxylic acids is 1. The maximum absolute atomic E-state index is 13.1. The van der Waals surface area contributed by atoms with Crippen LogP contribution in [0.25, 0.3) is 11.0 Å². The molecule has 2 heterocycles. The highest BCUT2D eigenvalue weighted by atomic mass is 19.1. The highest BCUT2D eigenvalue weighted by Gasteiger charge is 2.22. The standard InChI is InChI=1S/C23H27FN4O4/c1-16(23(30)27-9-12-31-13-10-27)25-15-22-26-20-7-6-19(14-21(20)28(22)8-11-29)32-18-4-2-17(24)3-5-18/h2-7,14,16,25,29H,8-13,15H2,1H3/t16-/m0/s1. The van der Waals surface area contributed by atoms with E-state index in [1.165, 1.54) is 12.1 Å². The fraction of sp³-hybridized carbons (Fsp3) is 0.391. The number of aromatic nitrogens is 2. The van der Waals surface area contributed by atoms with E-state index in [-0.39, 0.29) is 24.4 Å². The first-order valence-corrected chi connectivity index (χ1v) is 10.7. The fourth-order valence-electron chi connectivity index (χ4n) is 3.73. The molecule has 170 valence electrons. The van der Waals surface area contributed by atoms with Crippen molar-refractivity contribution in [2.75, 3.05) is 32.9 Å². The second-order valence-corrected chi connectivity index (χ2v) is 7.65. The van der Waals surface area contributed by atoms with Gasteiger partial charge in [-0.05, 0) is 43.3 Å². The van der Waals surface area contributed by atoms with Gasteiger partial charge in [0.25, 0.3) is 0 Å². The van der Waals surface area contributed by atoms with Gasteiger partial charge in [0.1, 0.15) is 23.1 Å². The van der Waals surface area contributed by atoms with E-state index < -0.39 is 0 Å². The molecular weight excluding hydrogens is 415 g/mol. The van der Waals surface area contributed by atoms with Crippen molar-refractivity contribution in [1.29, 1.82) is 0 Å². The molecule has 1 atom stereocenters. The number of morpholine rings is 1. The van der Waals surface area contributed by atoms with Crippen LogP contribution in [0.5, 0.6) is 11.5 Å². The summed E-state index contributed by atoms with van der Waals surface area (Å²) in [6, 6.07) is 10.9. The topological polar surface area (TPSA) is 88.8 Å². The van der Waals surface area contributed by atoms with Crippen molar-refractivity contribution >= 4 is 16.9 Å². The monoisotopic (exact) mass is 442 g/mol. The second kappa shape index (κ2) is 10.1. The Bertz CT molecular complexity index is 1060. The first-order valence-electron chi connectivity index (χ1n) is 10.7. The average molecular weight is 442 g/mol. The summed E-state index contributed by atoms with van der Waals surface area (Å²) >= 11 is 0. The molecule has 4 rings (SSSR count). The minimum Gasteiger partial charge on any atom is -0.457 e. The maximum atomic E-state index is 13.1. The number of amides is 1. The van der Waals surface area contributed by atoms with Crippen LogP contribution in [0.4, 0.5) is 4.39 Å². The first kappa shape index (κ1) is 22.2. The number of ether oxygens (including phenoxy) is 2. The molecule has 1 aromatic heterocycles. The van der Waals surface area contributed by atoms with E-state index in [9.17, 15) is 14.3 Å². The van der Waals surface area contributed by atoms with Crippen molar-refractivity contribution in [3.8, 4) is 11.5 Å². The van der Waals surface area contributed by atoms with Gasteiger partial charge in [0.15, 0.2) is 0 Å². The van der Waals surface area contributed by atoms with Gasteiger partial charge in [0.05, 0.1) is 43.4 Å². The van der Waals surface area contributed by atoms with Gasteiger partial charge >= 0.3 is 0 Å². The van der Waals surface area contributed by atoms with Gasteiger partial charge in [0.2, 0.25) is 5.91 Å². The van der Waals surface area contributed by atoms with E-state index in [4.69, 9.17) is 9.47 Å². The molecule has 9 heteroatoms. The number of imidazole rings is 1. The van der Waals surface area contributed by atoms with Crippen molar-refractivity contribution in [3.05, 3.63) is 54.1 Å². The van der Waals surface area contributed by atoms with Crippen LogP contribution in [0.2, 0.25) is 0 Å². The zero-order chi connectivity index (χ0) is 22.5. The molecule has 0 radical (unpaired) electrons. The lowest BCUT2D eigenvalue weighted by Crippen LogP contribution is -2.49. The Hall–Kier alpha value is -3.01. The first-order chi connectivity index (χ1) is 15.5. The van der Waals surface area contributed by atoms with Gasteiger partial charge < -0.3 is 24.0 Å². The van der Waals surface area contributed by atoms with Crippen LogP contribution in [0.3, 0.4) is 0 Å². The van der Waals surface area contributed by atoms with Crippen molar-refractivity contribution in [3.63, 3.8) is 0 Å². The SMILES string of the molecule is C[C@H](NCc1nc2ccc(Oc3ccc(F)cc3)cc2n1CCO)C(=O)N1CCOCC1. The Balaban J connectivity index is 1.50. The van der Waals surface area contributed by atoms with Gasteiger partial charge in [-0.1, -0.05) is 0 Å². The van der Waals surface area contributed by atoms with Crippen molar-refractivity contribution < 1.29 is 23.8 Å². The maximum Gasteiger partial charge on any atom is 0.239 e. The minimum atomic E-state index is -0.368. The van der Waals surface area contributed by atoms with Gasteiger partial charge in [-0.15, -0.1) is 0 Å². The van der Waals surface area contributed by atoms with Crippen molar-refractivity contribution in [1.82, 2.24) is 19.8 Å². The van der Waals surface area contributed by atoms with Crippen LogP contribution in [0.1, 0.15) is 12.7 Å². The molecule has 0 aliphatic carbocycles. The van der Waals surface area contributed by atoms with Crippen LogP contribution < -0.4 is 10.1 Å². The lowest BCUT2D eigenvalue weighted by Gasteiger charge is -2.29. The molecule has 1 aliphatic rings. The van der Waals surface area contributed by atoms with Crippen LogP contribution >= 0.6 is 0 Å². The number of rotatable bonds is 8. The molecule has 3 aromatic rings. The number of carbonyl (C=O) groups is 1. The highest BCUT2D eigenvalue weighted by Crippen LogP contribution is 2.26. The molecule has 8 nitrogen and oxygen atoms in total. The number of halogens is 1. The number of nitrogens with one attached hydrogen (secondary N) is 1. The van der Waals surface area contributed by atoms with Crippen molar-refractivity contribution in [2.45, 2.75) is 26.1 Å². The Morgan fingerprint density at radius 3 is 2.66 bits per heavy atom. The number of aliphatic hydroxyl groups is 1. The highest BCUT2D eigenvalue weighted by molar-refractivity contribution is 5.81. The van der Waals surface area contributed by atoms with E-state index in [0.29, 0.717) is 50.9 Å². The molecule has 2 aromatic carbocycles. The molecule has 1 aliphatic heterocycles. The van der Waals surface area contributed by atoms with E-state index in [1.807, 2.05) is 23.6 Å². The third-order valence-corrected chi connectivity index (χ3v) is 5.43. The normalized spacial score (nSPS) is 15.2. The molecule has 0 bridgehead atoms. The lowest BCUT2D eigenvalue weighted by atomic mass is 10.2. The van der Waals surface area contributed by atoms with Gasteiger partial charge in [-0.3, -0.25) is 10.1 Å². The summed E-state index contributed by atoms with van der Waals surface area (Å²) in [6.45, 7) is 4.85. The predicted molar refractivity (Wildman–Crippen MR) is 117 cm³/mol. The van der Waals surface area contributed by atoms with E-state index in [2.05, 4.69) is 10.3 Å². The average Bonchev–Trinajstić information content (AvgIpc) is 3.16. The molecule has 2 N–H and O–H groups in total. The molecule has 1 fully saturated rings. The minimum absolute atomic E-state index is 0.0353. The zero-order valence-electron chi connectivity index (χ0n) is 18.0. The summed E-state index contributed by atoms with van der Waals surface area (Å²) in [7, 11) is 0. The molecule has 0 saturated carbocycles. The van der Waals surface area contributed by atoms with Gasteiger partial charge in [-0.2, -0.15) is 0 Å². The zero-order valence-corrected chi connectivity index (χ0v) is 18.0. The summed E-state index contributed by atoms with van der Waals surface area (Å²) in [5.74, 6) is 1.53. The Labute approximate surface area is 185 Å². The van der Waals surface area contributed by atoms with Crippen LogP contribution in [-0.2, 0) is 22.6 Å². The third kappa shape index (κ3) is 5.07. The molecule has 1 saturated heterocycles. The summed E-state index contributed by atoms with van der Waals surface area (Å²) in [5.41, 5.74) is 1.57. The number of fused-ring (bicyclic) bond motifs is 1. The van der Waals surface area contributed by atoms with E-state index in [1.54, 1.807) is 23.1 Å². The number of benzene rings is 2. The summed E-state index contributed by atoms with van der Waals surface area (Å²) in [5, 5.41) is 12.8. The van der Waals surface area contributed by atoms with Crippen LogP contribution in [0.15, 0.2) is 42.5 Å². The summed E-state index contributed by atoms with van der Waals surface area (Å²) in [4.78, 5) is 19.1. The number of hydrogen-bond donors (Lipinski definition) is 2. The van der Waals surface area contributed by atoms with Crippen LogP contribution in [-0.4, -0.2) is 64.4 Å². The summed E-state index contributed by atoms with van der Waals surface area (Å²) in [6.07, 6.45) is 0. The molecule has 0 unspecified atom stereocenters.